The molecule has 4 heteroatoms. The fraction of sp³-hybridized carbons (Fsp3) is 0. The molecule has 0 aliphatic heterocycles. The standard InChI is InChI=1S/C57H37N3S/c1-3-13-38(14-4-1)39-24-29-43(30-25-39)59(44-31-26-40(27-32-44)46-19-11-20-49-48-18-8-10-23-55(48)61-57(46)49)53-35-33-45(56-50(53)21-12-36-58-56)41-28-34-54-51(37-41)47-17-7-9-22-52(47)60(54)42-15-5-2-6-16-42/h1-37H. The van der Waals surface area contributed by atoms with Crippen LogP contribution in [-0.4, -0.2) is 9.55 Å². The number of pyridine rings is 1. The number of benzene rings is 9. The van der Waals surface area contributed by atoms with Gasteiger partial charge in [0.1, 0.15) is 0 Å². The summed E-state index contributed by atoms with van der Waals surface area (Å²) in [7, 11) is 0. The van der Waals surface area contributed by atoms with Gasteiger partial charge in [-0.1, -0.05) is 140 Å². The number of hydrogen-bond acceptors (Lipinski definition) is 3. The molecule has 3 aromatic heterocycles. The number of nitrogens with zero attached hydrogens (tertiary/aromatic N) is 3. The van der Waals surface area contributed by atoms with Gasteiger partial charge in [-0.3, -0.25) is 4.98 Å². The topological polar surface area (TPSA) is 21.1 Å². The Hall–Kier alpha value is -7.79. The van der Waals surface area contributed by atoms with Crippen molar-refractivity contribution in [1.82, 2.24) is 9.55 Å². The first-order valence-electron chi connectivity index (χ1n) is 20.7. The molecule has 12 aromatic rings. The summed E-state index contributed by atoms with van der Waals surface area (Å²) in [6.45, 7) is 0. The summed E-state index contributed by atoms with van der Waals surface area (Å²) >= 11 is 1.87. The van der Waals surface area contributed by atoms with Gasteiger partial charge < -0.3 is 9.47 Å². The molecule has 0 aliphatic rings. The number of para-hydroxylation sites is 2. The second-order valence-electron chi connectivity index (χ2n) is 15.5. The lowest BCUT2D eigenvalue weighted by molar-refractivity contribution is 1.18. The Kier molecular flexibility index (Phi) is 8.36. The maximum Gasteiger partial charge on any atom is 0.0801 e. The van der Waals surface area contributed by atoms with Gasteiger partial charge in [-0.15, -0.1) is 11.3 Å². The Labute approximate surface area is 357 Å². The average molecular weight is 796 g/mol. The summed E-state index contributed by atoms with van der Waals surface area (Å²) < 4.78 is 5.00. The first-order chi connectivity index (χ1) is 30.3. The van der Waals surface area contributed by atoms with Crippen LogP contribution in [0, 0.1) is 0 Å². The second kappa shape index (κ2) is 14.5. The van der Waals surface area contributed by atoms with Gasteiger partial charge in [0.15, 0.2) is 0 Å². The lowest BCUT2D eigenvalue weighted by Gasteiger charge is -2.27. The lowest BCUT2D eigenvalue weighted by Crippen LogP contribution is -2.11. The van der Waals surface area contributed by atoms with Crippen molar-refractivity contribution in [1.29, 1.82) is 0 Å². The molecule has 0 aliphatic carbocycles. The van der Waals surface area contributed by atoms with Gasteiger partial charge in [0, 0.05) is 65.2 Å². The normalized spacial score (nSPS) is 11.6. The predicted octanol–water partition coefficient (Wildman–Crippen LogP) is 16.2. The third kappa shape index (κ3) is 5.91. The van der Waals surface area contributed by atoms with E-state index in [1.807, 2.05) is 17.5 Å². The highest BCUT2D eigenvalue weighted by atomic mass is 32.1. The third-order valence-corrected chi connectivity index (χ3v) is 13.3. The molecular formula is C57H37N3S. The first kappa shape index (κ1) is 35.2. The molecule has 0 bridgehead atoms. The van der Waals surface area contributed by atoms with E-state index >= 15 is 0 Å². The predicted molar refractivity (Wildman–Crippen MR) is 260 cm³/mol. The minimum Gasteiger partial charge on any atom is -0.310 e. The number of thiophene rings is 1. The molecule has 0 radical (unpaired) electrons. The van der Waals surface area contributed by atoms with Crippen LogP contribution in [0.15, 0.2) is 225 Å². The Morgan fingerprint density at radius 2 is 1.02 bits per heavy atom. The Morgan fingerprint density at radius 1 is 0.393 bits per heavy atom. The first-order valence-corrected chi connectivity index (χ1v) is 21.5. The van der Waals surface area contributed by atoms with E-state index in [1.54, 1.807) is 0 Å². The van der Waals surface area contributed by atoms with Crippen molar-refractivity contribution in [3.63, 3.8) is 0 Å². The van der Waals surface area contributed by atoms with E-state index in [4.69, 9.17) is 4.98 Å². The molecule has 3 nitrogen and oxygen atoms in total. The number of fused-ring (bicyclic) bond motifs is 7. The van der Waals surface area contributed by atoms with Crippen molar-refractivity contribution in [3.05, 3.63) is 225 Å². The van der Waals surface area contributed by atoms with Crippen molar-refractivity contribution in [3.8, 4) is 39.1 Å². The molecule has 286 valence electrons. The van der Waals surface area contributed by atoms with Crippen LogP contribution in [0.4, 0.5) is 17.1 Å². The number of aromatic nitrogens is 2. The van der Waals surface area contributed by atoms with Crippen LogP contribution in [0.1, 0.15) is 0 Å². The zero-order valence-corrected chi connectivity index (χ0v) is 33.9. The molecule has 3 heterocycles. The van der Waals surface area contributed by atoms with E-state index in [0.29, 0.717) is 0 Å². The van der Waals surface area contributed by atoms with Crippen LogP contribution < -0.4 is 4.90 Å². The maximum absolute atomic E-state index is 5.11. The smallest absolute Gasteiger partial charge is 0.0801 e. The Morgan fingerprint density at radius 3 is 1.82 bits per heavy atom. The fourth-order valence-corrected chi connectivity index (χ4v) is 10.4. The molecule has 9 aromatic carbocycles. The van der Waals surface area contributed by atoms with Crippen LogP contribution in [-0.2, 0) is 0 Å². The van der Waals surface area contributed by atoms with Crippen molar-refractivity contribution in [2.24, 2.45) is 0 Å². The van der Waals surface area contributed by atoms with Gasteiger partial charge in [0.25, 0.3) is 0 Å². The van der Waals surface area contributed by atoms with Crippen LogP contribution in [0.3, 0.4) is 0 Å². The van der Waals surface area contributed by atoms with Crippen molar-refractivity contribution in [2.45, 2.75) is 0 Å². The zero-order valence-electron chi connectivity index (χ0n) is 33.1. The molecule has 0 saturated carbocycles. The maximum atomic E-state index is 5.11. The summed E-state index contributed by atoms with van der Waals surface area (Å²) in [6.07, 6.45) is 1.91. The minimum atomic E-state index is 0.963. The summed E-state index contributed by atoms with van der Waals surface area (Å²) in [4.78, 5) is 7.48. The van der Waals surface area contributed by atoms with Crippen LogP contribution in [0.25, 0.3) is 91.9 Å². The third-order valence-electron chi connectivity index (χ3n) is 12.1. The average Bonchev–Trinajstić information content (AvgIpc) is 3.88. The van der Waals surface area contributed by atoms with E-state index in [0.717, 1.165) is 44.8 Å². The lowest BCUT2D eigenvalue weighted by atomic mass is 9.97. The molecule has 0 amide bonds. The molecule has 0 spiro atoms. The van der Waals surface area contributed by atoms with Crippen LogP contribution in [0.2, 0.25) is 0 Å². The Balaban J connectivity index is 1.00. The van der Waals surface area contributed by atoms with Gasteiger partial charge in [0.05, 0.1) is 22.2 Å². The minimum absolute atomic E-state index is 0.963. The summed E-state index contributed by atoms with van der Waals surface area (Å²) in [6, 6.07) is 79.0. The van der Waals surface area contributed by atoms with E-state index in [2.05, 4.69) is 228 Å². The van der Waals surface area contributed by atoms with E-state index < -0.39 is 0 Å². The second-order valence-corrected chi connectivity index (χ2v) is 16.6. The van der Waals surface area contributed by atoms with Crippen molar-refractivity contribution in [2.75, 3.05) is 4.90 Å². The summed E-state index contributed by atoms with van der Waals surface area (Å²) in [5.74, 6) is 0. The molecule has 0 unspecified atom stereocenters. The van der Waals surface area contributed by atoms with Crippen molar-refractivity contribution < 1.29 is 0 Å². The van der Waals surface area contributed by atoms with Crippen molar-refractivity contribution >= 4 is 81.3 Å². The van der Waals surface area contributed by atoms with Crippen LogP contribution in [0.5, 0.6) is 0 Å². The molecule has 0 fully saturated rings. The number of rotatable bonds is 7. The molecule has 0 atom stereocenters. The highest BCUT2D eigenvalue weighted by molar-refractivity contribution is 7.26. The van der Waals surface area contributed by atoms with Gasteiger partial charge in [0.2, 0.25) is 0 Å². The quantitative estimate of drug-likeness (QED) is 0.160. The van der Waals surface area contributed by atoms with E-state index in [9.17, 15) is 0 Å². The Bertz CT molecular complexity index is 3570. The van der Waals surface area contributed by atoms with Gasteiger partial charge in [-0.2, -0.15) is 0 Å². The summed E-state index contributed by atoms with van der Waals surface area (Å²) in [5.41, 5.74) is 14.8. The van der Waals surface area contributed by atoms with E-state index in [1.165, 1.54) is 64.2 Å². The van der Waals surface area contributed by atoms with Gasteiger partial charge in [-0.25, -0.2) is 0 Å². The number of hydrogen-bond donors (Lipinski definition) is 0. The molecular weight excluding hydrogens is 759 g/mol. The SMILES string of the molecule is c1ccc(-c2ccc(N(c3ccc(-c4cccc5c4sc4ccccc45)cc3)c3ccc(-c4ccc5c(c4)c4ccccc4n5-c4ccccc4)c4ncccc34)cc2)cc1. The highest BCUT2D eigenvalue weighted by Gasteiger charge is 2.20. The summed E-state index contributed by atoms with van der Waals surface area (Å²) in [5, 5.41) is 6.15. The molecule has 12 rings (SSSR count). The molecule has 61 heavy (non-hydrogen) atoms. The molecule has 0 N–H and O–H groups in total. The number of anilines is 3. The fourth-order valence-electron chi connectivity index (χ4n) is 9.21. The largest absolute Gasteiger partial charge is 0.310 e. The van der Waals surface area contributed by atoms with Gasteiger partial charge in [-0.05, 0) is 107 Å². The van der Waals surface area contributed by atoms with Gasteiger partial charge >= 0.3 is 0 Å². The molecule has 0 saturated heterocycles. The zero-order chi connectivity index (χ0) is 40.3. The monoisotopic (exact) mass is 795 g/mol. The van der Waals surface area contributed by atoms with E-state index in [-0.39, 0.29) is 0 Å². The highest BCUT2D eigenvalue weighted by Crippen LogP contribution is 2.45. The van der Waals surface area contributed by atoms with Crippen LogP contribution >= 0.6 is 11.3 Å².